The molecule has 0 aliphatic carbocycles. The first-order chi connectivity index (χ1) is 10.1. The van der Waals surface area contributed by atoms with Crippen LogP contribution in [0.1, 0.15) is 39.5 Å². The average molecular weight is 294 g/mol. The number of nitrogens with zero attached hydrogens (tertiary/aromatic N) is 4. The third-order valence-electron chi connectivity index (χ3n) is 3.56. The average Bonchev–Trinajstić information content (AvgIpc) is 2.46. The van der Waals surface area contributed by atoms with E-state index in [0.29, 0.717) is 18.3 Å². The number of piperidine rings is 1. The van der Waals surface area contributed by atoms with Gasteiger partial charge in [0.05, 0.1) is 6.10 Å². The Morgan fingerprint density at radius 1 is 1.10 bits per heavy atom. The van der Waals surface area contributed by atoms with Gasteiger partial charge in [0.1, 0.15) is 0 Å². The van der Waals surface area contributed by atoms with E-state index < -0.39 is 0 Å². The third-order valence-corrected chi connectivity index (χ3v) is 3.56. The van der Waals surface area contributed by atoms with Crippen molar-refractivity contribution in [2.24, 2.45) is 0 Å². The summed E-state index contributed by atoms with van der Waals surface area (Å²) in [5.74, 6) is 1.85. The Kier molecular flexibility index (Phi) is 5.55. The fraction of sp³-hybridized carbons (Fsp3) is 0.786. The summed E-state index contributed by atoms with van der Waals surface area (Å²) >= 11 is 0. The summed E-state index contributed by atoms with van der Waals surface area (Å²) in [5, 5.41) is 15.7. The van der Waals surface area contributed by atoms with Crippen molar-refractivity contribution >= 4 is 17.8 Å². The highest BCUT2D eigenvalue weighted by molar-refractivity contribution is 5.44. The van der Waals surface area contributed by atoms with Crippen LogP contribution >= 0.6 is 0 Å². The van der Waals surface area contributed by atoms with E-state index in [1.165, 1.54) is 19.3 Å². The molecule has 0 radical (unpaired) electrons. The number of rotatable bonds is 6. The maximum absolute atomic E-state index is 9.45. The summed E-state index contributed by atoms with van der Waals surface area (Å²) in [6, 6.07) is 0.103. The van der Waals surface area contributed by atoms with Gasteiger partial charge in [-0.2, -0.15) is 15.0 Å². The Labute approximate surface area is 126 Å². The van der Waals surface area contributed by atoms with E-state index >= 15 is 0 Å². The first-order valence-corrected chi connectivity index (χ1v) is 7.72. The molecule has 0 bridgehead atoms. The standard InChI is InChI=1S/C14H26N6O/c1-10(9-11(2)21)16-13-17-12(15-3)18-14(19-13)20-7-5-4-6-8-20/h10-11,21H,4-9H2,1-3H3,(H2,15,16,17,18,19). The first-order valence-electron chi connectivity index (χ1n) is 7.72. The number of hydrogen-bond donors (Lipinski definition) is 3. The van der Waals surface area contributed by atoms with E-state index in [9.17, 15) is 5.11 Å². The monoisotopic (exact) mass is 294 g/mol. The van der Waals surface area contributed by atoms with Gasteiger partial charge in [0.15, 0.2) is 0 Å². The number of anilines is 3. The molecular formula is C14H26N6O. The van der Waals surface area contributed by atoms with Crippen molar-refractivity contribution in [3.63, 3.8) is 0 Å². The summed E-state index contributed by atoms with van der Waals surface area (Å²) in [6.07, 6.45) is 3.94. The summed E-state index contributed by atoms with van der Waals surface area (Å²) in [7, 11) is 1.80. The molecule has 1 aliphatic heterocycles. The van der Waals surface area contributed by atoms with Crippen LogP contribution in [-0.4, -0.2) is 52.3 Å². The molecular weight excluding hydrogens is 268 g/mol. The molecule has 2 unspecified atom stereocenters. The Balaban J connectivity index is 2.12. The molecule has 0 saturated carbocycles. The van der Waals surface area contributed by atoms with Crippen molar-refractivity contribution in [2.75, 3.05) is 35.7 Å². The molecule has 2 atom stereocenters. The molecule has 3 N–H and O–H groups in total. The van der Waals surface area contributed by atoms with E-state index in [0.717, 1.165) is 19.0 Å². The zero-order valence-corrected chi connectivity index (χ0v) is 13.1. The highest BCUT2D eigenvalue weighted by Crippen LogP contribution is 2.19. The largest absolute Gasteiger partial charge is 0.393 e. The van der Waals surface area contributed by atoms with Crippen LogP contribution in [0, 0.1) is 0 Å². The topological polar surface area (TPSA) is 86.2 Å². The lowest BCUT2D eigenvalue weighted by Crippen LogP contribution is -2.32. The normalized spacial score (nSPS) is 18.2. The van der Waals surface area contributed by atoms with E-state index in [4.69, 9.17) is 0 Å². The molecule has 0 amide bonds. The Hall–Kier alpha value is -1.63. The minimum absolute atomic E-state index is 0.103. The minimum Gasteiger partial charge on any atom is -0.393 e. The smallest absolute Gasteiger partial charge is 0.231 e. The van der Waals surface area contributed by atoms with Crippen LogP contribution in [0.2, 0.25) is 0 Å². The highest BCUT2D eigenvalue weighted by atomic mass is 16.3. The molecule has 0 spiro atoms. The molecule has 7 nitrogen and oxygen atoms in total. The molecule has 21 heavy (non-hydrogen) atoms. The van der Waals surface area contributed by atoms with E-state index in [-0.39, 0.29) is 12.1 Å². The van der Waals surface area contributed by atoms with Gasteiger partial charge in [-0.1, -0.05) is 0 Å². The lowest BCUT2D eigenvalue weighted by molar-refractivity contribution is 0.179. The van der Waals surface area contributed by atoms with Crippen LogP contribution in [0.3, 0.4) is 0 Å². The molecule has 1 aliphatic rings. The van der Waals surface area contributed by atoms with Crippen LogP contribution in [0.5, 0.6) is 0 Å². The highest BCUT2D eigenvalue weighted by Gasteiger charge is 2.17. The predicted octanol–water partition coefficient (Wildman–Crippen LogP) is 1.47. The van der Waals surface area contributed by atoms with E-state index in [2.05, 4.69) is 30.5 Å². The van der Waals surface area contributed by atoms with Crippen LogP contribution in [0.15, 0.2) is 0 Å². The second kappa shape index (κ2) is 7.40. The van der Waals surface area contributed by atoms with Gasteiger partial charge in [0.25, 0.3) is 0 Å². The van der Waals surface area contributed by atoms with Crippen molar-refractivity contribution in [2.45, 2.75) is 51.7 Å². The lowest BCUT2D eigenvalue weighted by Gasteiger charge is -2.27. The van der Waals surface area contributed by atoms with Crippen LogP contribution in [0.25, 0.3) is 0 Å². The van der Waals surface area contributed by atoms with Gasteiger partial charge in [0.2, 0.25) is 17.8 Å². The van der Waals surface area contributed by atoms with Gasteiger partial charge in [-0.05, 0) is 39.5 Å². The maximum atomic E-state index is 9.45. The molecule has 1 saturated heterocycles. The number of aromatic nitrogens is 3. The number of aliphatic hydroxyl groups excluding tert-OH is 1. The molecule has 1 aromatic rings. The van der Waals surface area contributed by atoms with E-state index in [1.54, 1.807) is 14.0 Å². The Morgan fingerprint density at radius 3 is 2.38 bits per heavy atom. The summed E-state index contributed by atoms with van der Waals surface area (Å²) < 4.78 is 0. The molecule has 7 heteroatoms. The zero-order valence-electron chi connectivity index (χ0n) is 13.1. The minimum atomic E-state index is -0.348. The van der Waals surface area contributed by atoms with Gasteiger partial charge in [0, 0.05) is 26.2 Å². The fourth-order valence-electron chi connectivity index (χ4n) is 2.57. The van der Waals surface area contributed by atoms with Gasteiger partial charge >= 0.3 is 0 Å². The maximum Gasteiger partial charge on any atom is 0.231 e. The lowest BCUT2D eigenvalue weighted by atomic mass is 10.1. The van der Waals surface area contributed by atoms with Crippen molar-refractivity contribution < 1.29 is 5.11 Å². The third kappa shape index (κ3) is 4.70. The van der Waals surface area contributed by atoms with Crippen molar-refractivity contribution in [1.82, 2.24) is 15.0 Å². The fourth-order valence-corrected chi connectivity index (χ4v) is 2.57. The zero-order chi connectivity index (χ0) is 15.2. The summed E-state index contributed by atoms with van der Waals surface area (Å²) in [4.78, 5) is 15.5. The Morgan fingerprint density at radius 2 is 1.76 bits per heavy atom. The Bertz CT molecular complexity index is 447. The predicted molar refractivity (Wildman–Crippen MR) is 84.8 cm³/mol. The quantitative estimate of drug-likeness (QED) is 0.732. The number of aliphatic hydroxyl groups is 1. The second-order valence-corrected chi connectivity index (χ2v) is 5.71. The van der Waals surface area contributed by atoms with Crippen LogP contribution in [-0.2, 0) is 0 Å². The first kappa shape index (κ1) is 15.8. The van der Waals surface area contributed by atoms with Crippen LogP contribution in [0.4, 0.5) is 17.8 Å². The van der Waals surface area contributed by atoms with E-state index in [1.807, 2.05) is 6.92 Å². The van der Waals surface area contributed by atoms with Gasteiger partial charge in [-0.3, -0.25) is 0 Å². The summed E-state index contributed by atoms with van der Waals surface area (Å²) in [5.41, 5.74) is 0. The molecule has 0 aromatic carbocycles. The number of hydrogen-bond acceptors (Lipinski definition) is 7. The van der Waals surface area contributed by atoms with Crippen LogP contribution < -0.4 is 15.5 Å². The summed E-state index contributed by atoms with van der Waals surface area (Å²) in [6.45, 7) is 5.78. The second-order valence-electron chi connectivity index (χ2n) is 5.71. The van der Waals surface area contributed by atoms with Crippen molar-refractivity contribution in [3.8, 4) is 0 Å². The van der Waals surface area contributed by atoms with Crippen molar-refractivity contribution in [1.29, 1.82) is 0 Å². The number of nitrogens with one attached hydrogen (secondary N) is 2. The van der Waals surface area contributed by atoms with Gasteiger partial charge in [-0.15, -0.1) is 0 Å². The molecule has 1 fully saturated rings. The van der Waals surface area contributed by atoms with Gasteiger partial charge < -0.3 is 20.6 Å². The molecule has 2 heterocycles. The molecule has 2 rings (SSSR count). The van der Waals surface area contributed by atoms with Crippen molar-refractivity contribution in [3.05, 3.63) is 0 Å². The molecule has 1 aromatic heterocycles. The molecule has 118 valence electrons. The SMILES string of the molecule is CNc1nc(NC(C)CC(C)O)nc(N2CCCCC2)n1. The van der Waals surface area contributed by atoms with Gasteiger partial charge in [-0.25, -0.2) is 0 Å².